The van der Waals surface area contributed by atoms with Gasteiger partial charge < -0.3 is 5.32 Å². The van der Waals surface area contributed by atoms with E-state index in [9.17, 15) is 0 Å². The van der Waals surface area contributed by atoms with Gasteiger partial charge in [-0.05, 0) is 28.1 Å². The molecule has 0 aromatic carbocycles. The molecule has 0 saturated carbocycles. The van der Waals surface area contributed by atoms with Crippen molar-refractivity contribution in [2.24, 2.45) is 0 Å². The van der Waals surface area contributed by atoms with Crippen molar-refractivity contribution >= 4 is 27.3 Å². The molecule has 0 unspecified atom stereocenters. The van der Waals surface area contributed by atoms with Gasteiger partial charge in [-0.1, -0.05) is 5.21 Å². The van der Waals surface area contributed by atoms with Crippen molar-refractivity contribution in [3.05, 3.63) is 33.2 Å². The first-order valence-electron chi connectivity index (χ1n) is 4.63. The molecule has 0 amide bonds. The molecular formula is C9H11BrN4S. The van der Waals surface area contributed by atoms with Crippen LogP contribution in [-0.2, 0) is 13.1 Å². The molecular weight excluding hydrogens is 276 g/mol. The Hall–Kier alpha value is -0.720. The highest BCUT2D eigenvalue weighted by atomic mass is 79.9. The Balaban J connectivity index is 1.67. The van der Waals surface area contributed by atoms with Crippen LogP contribution in [-0.4, -0.2) is 21.5 Å². The molecule has 2 aromatic heterocycles. The molecule has 0 bridgehead atoms. The van der Waals surface area contributed by atoms with E-state index in [0.29, 0.717) is 0 Å². The van der Waals surface area contributed by atoms with Crippen molar-refractivity contribution in [2.45, 2.75) is 13.1 Å². The summed E-state index contributed by atoms with van der Waals surface area (Å²) in [6.07, 6.45) is 3.56. The van der Waals surface area contributed by atoms with Crippen LogP contribution in [0.3, 0.4) is 0 Å². The lowest BCUT2D eigenvalue weighted by Crippen LogP contribution is -2.19. The molecule has 2 heterocycles. The first kappa shape index (κ1) is 10.8. The van der Waals surface area contributed by atoms with E-state index in [0.717, 1.165) is 19.6 Å². The van der Waals surface area contributed by atoms with E-state index >= 15 is 0 Å². The molecule has 80 valence electrons. The smallest absolute Gasteiger partial charge is 0.0701 e. The Labute approximate surface area is 100 Å². The van der Waals surface area contributed by atoms with E-state index in [1.165, 1.54) is 8.66 Å². The summed E-state index contributed by atoms with van der Waals surface area (Å²) in [6.45, 7) is 2.66. The molecule has 6 heteroatoms. The van der Waals surface area contributed by atoms with Gasteiger partial charge in [0.2, 0.25) is 0 Å². The lowest BCUT2D eigenvalue weighted by molar-refractivity contribution is 0.542. The van der Waals surface area contributed by atoms with Gasteiger partial charge in [0.05, 0.1) is 16.5 Å². The number of hydrogen-bond acceptors (Lipinski definition) is 4. The number of rotatable bonds is 5. The van der Waals surface area contributed by atoms with Gasteiger partial charge >= 0.3 is 0 Å². The maximum absolute atomic E-state index is 3.89. The summed E-state index contributed by atoms with van der Waals surface area (Å²) < 4.78 is 2.99. The molecule has 2 rings (SSSR count). The SMILES string of the molecule is Brc1ccc(CNCCn2ccnn2)s1. The maximum atomic E-state index is 3.89. The Morgan fingerprint density at radius 2 is 2.40 bits per heavy atom. The van der Waals surface area contributed by atoms with Gasteiger partial charge in [-0.25, -0.2) is 0 Å². The molecule has 1 N–H and O–H groups in total. The predicted octanol–water partition coefficient (Wildman–Crippen LogP) is 1.89. The molecule has 2 aromatic rings. The summed E-state index contributed by atoms with van der Waals surface area (Å²) in [5.41, 5.74) is 0. The zero-order valence-corrected chi connectivity index (χ0v) is 10.5. The highest BCUT2D eigenvalue weighted by molar-refractivity contribution is 9.11. The first-order valence-corrected chi connectivity index (χ1v) is 6.24. The molecule has 15 heavy (non-hydrogen) atoms. The average Bonchev–Trinajstić information content (AvgIpc) is 2.84. The molecule has 0 radical (unpaired) electrons. The van der Waals surface area contributed by atoms with E-state index in [2.05, 4.69) is 43.7 Å². The third-order valence-electron chi connectivity index (χ3n) is 1.92. The Kier molecular flexibility index (Phi) is 3.87. The van der Waals surface area contributed by atoms with Crippen molar-refractivity contribution in [3.63, 3.8) is 0 Å². The number of nitrogens with zero attached hydrogens (tertiary/aromatic N) is 3. The molecule has 0 aliphatic heterocycles. The number of halogens is 1. The van der Waals surface area contributed by atoms with Crippen LogP contribution in [0.4, 0.5) is 0 Å². The normalized spacial score (nSPS) is 10.7. The third-order valence-corrected chi connectivity index (χ3v) is 3.54. The van der Waals surface area contributed by atoms with Gasteiger partial charge in [-0.3, -0.25) is 4.68 Å². The summed E-state index contributed by atoms with van der Waals surface area (Å²) in [5.74, 6) is 0. The van der Waals surface area contributed by atoms with Crippen molar-refractivity contribution < 1.29 is 0 Å². The van der Waals surface area contributed by atoms with Crippen LogP contribution < -0.4 is 5.32 Å². The molecule has 4 nitrogen and oxygen atoms in total. The molecule has 0 aliphatic rings. The number of thiophene rings is 1. The second-order valence-corrected chi connectivity index (χ2v) is 5.60. The minimum atomic E-state index is 0.854. The number of nitrogens with one attached hydrogen (secondary N) is 1. The predicted molar refractivity (Wildman–Crippen MR) is 63.7 cm³/mol. The topological polar surface area (TPSA) is 42.7 Å². The standard InChI is InChI=1S/C9H11BrN4S/c10-9-2-1-8(15-9)7-11-3-5-14-6-4-12-13-14/h1-2,4,6,11H,3,5,7H2. The van der Waals surface area contributed by atoms with E-state index < -0.39 is 0 Å². The van der Waals surface area contributed by atoms with Gasteiger partial charge in [-0.2, -0.15) is 0 Å². The second-order valence-electron chi connectivity index (χ2n) is 3.05. The van der Waals surface area contributed by atoms with Gasteiger partial charge in [0, 0.05) is 24.2 Å². The molecule has 0 spiro atoms. The fraction of sp³-hybridized carbons (Fsp3) is 0.333. The van der Waals surface area contributed by atoms with Crippen molar-refractivity contribution in [1.29, 1.82) is 0 Å². The van der Waals surface area contributed by atoms with Crippen LogP contribution in [0.15, 0.2) is 28.3 Å². The summed E-state index contributed by atoms with van der Waals surface area (Å²) >= 11 is 5.20. The van der Waals surface area contributed by atoms with Crippen LogP contribution in [0.1, 0.15) is 4.88 Å². The quantitative estimate of drug-likeness (QED) is 0.854. The van der Waals surface area contributed by atoms with E-state index in [4.69, 9.17) is 0 Å². The summed E-state index contributed by atoms with van der Waals surface area (Å²) in [6, 6.07) is 4.19. The minimum Gasteiger partial charge on any atom is -0.310 e. The van der Waals surface area contributed by atoms with E-state index in [-0.39, 0.29) is 0 Å². The Morgan fingerprint density at radius 1 is 1.47 bits per heavy atom. The van der Waals surface area contributed by atoms with Crippen LogP contribution in [0.2, 0.25) is 0 Å². The second kappa shape index (κ2) is 5.39. The number of aromatic nitrogens is 3. The monoisotopic (exact) mass is 286 g/mol. The minimum absolute atomic E-state index is 0.854. The molecule has 0 saturated heterocycles. The lowest BCUT2D eigenvalue weighted by Gasteiger charge is -2.02. The van der Waals surface area contributed by atoms with E-state index in [1.54, 1.807) is 17.5 Å². The van der Waals surface area contributed by atoms with Crippen LogP contribution in [0, 0.1) is 0 Å². The van der Waals surface area contributed by atoms with Gasteiger partial charge in [0.25, 0.3) is 0 Å². The largest absolute Gasteiger partial charge is 0.310 e. The first-order chi connectivity index (χ1) is 7.34. The average molecular weight is 287 g/mol. The highest BCUT2D eigenvalue weighted by Gasteiger charge is 1.97. The summed E-state index contributed by atoms with van der Waals surface area (Å²) in [7, 11) is 0. The van der Waals surface area contributed by atoms with Crippen molar-refractivity contribution in [2.75, 3.05) is 6.54 Å². The third kappa shape index (κ3) is 3.40. The molecule has 0 fully saturated rings. The van der Waals surface area contributed by atoms with Crippen LogP contribution >= 0.6 is 27.3 Å². The maximum Gasteiger partial charge on any atom is 0.0701 e. The van der Waals surface area contributed by atoms with Crippen LogP contribution in [0.25, 0.3) is 0 Å². The van der Waals surface area contributed by atoms with Crippen molar-refractivity contribution in [3.8, 4) is 0 Å². The van der Waals surface area contributed by atoms with Gasteiger partial charge in [-0.15, -0.1) is 16.4 Å². The van der Waals surface area contributed by atoms with Gasteiger partial charge in [0.15, 0.2) is 0 Å². The molecule has 0 aliphatic carbocycles. The highest BCUT2D eigenvalue weighted by Crippen LogP contribution is 2.21. The summed E-state index contributed by atoms with van der Waals surface area (Å²) in [4.78, 5) is 1.33. The lowest BCUT2D eigenvalue weighted by atomic mass is 10.4. The summed E-state index contributed by atoms with van der Waals surface area (Å²) in [5, 5.41) is 11.0. The molecule has 0 atom stereocenters. The zero-order chi connectivity index (χ0) is 10.5. The van der Waals surface area contributed by atoms with Crippen molar-refractivity contribution in [1.82, 2.24) is 20.3 Å². The van der Waals surface area contributed by atoms with E-state index in [1.807, 2.05) is 10.9 Å². The zero-order valence-electron chi connectivity index (χ0n) is 8.06. The fourth-order valence-electron chi connectivity index (χ4n) is 1.20. The van der Waals surface area contributed by atoms with Gasteiger partial charge in [0.1, 0.15) is 0 Å². The Morgan fingerprint density at radius 3 is 3.07 bits per heavy atom. The number of hydrogen-bond donors (Lipinski definition) is 1. The Bertz CT molecular complexity index is 398. The van der Waals surface area contributed by atoms with Crippen LogP contribution in [0.5, 0.6) is 0 Å². The fourth-order valence-corrected chi connectivity index (χ4v) is 2.66.